The van der Waals surface area contributed by atoms with Gasteiger partial charge in [0, 0.05) is 18.5 Å². The number of rotatable bonds is 6. The SMILES string of the molecule is CCCc1nc(N)c(C)c(NC(C)C(=O)NCC)n1. The number of anilines is 2. The summed E-state index contributed by atoms with van der Waals surface area (Å²) in [5.74, 6) is 1.74. The van der Waals surface area contributed by atoms with Crippen molar-refractivity contribution in [2.75, 3.05) is 17.6 Å². The van der Waals surface area contributed by atoms with Crippen LogP contribution in [0.2, 0.25) is 0 Å². The summed E-state index contributed by atoms with van der Waals surface area (Å²) >= 11 is 0. The number of amides is 1. The maximum atomic E-state index is 11.7. The van der Waals surface area contributed by atoms with Crippen LogP contribution in [0.5, 0.6) is 0 Å². The van der Waals surface area contributed by atoms with E-state index in [1.54, 1.807) is 6.92 Å². The summed E-state index contributed by atoms with van der Waals surface area (Å²) in [6.45, 7) is 8.19. The Morgan fingerprint density at radius 3 is 2.63 bits per heavy atom. The fourth-order valence-corrected chi connectivity index (χ4v) is 1.66. The van der Waals surface area contributed by atoms with Crippen LogP contribution in [0.15, 0.2) is 0 Å². The molecule has 0 radical (unpaired) electrons. The van der Waals surface area contributed by atoms with Gasteiger partial charge in [0.15, 0.2) is 0 Å². The second kappa shape index (κ2) is 6.92. The maximum absolute atomic E-state index is 11.7. The van der Waals surface area contributed by atoms with Gasteiger partial charge in [0.05, 0.1) is 0 Å². The quantitative estimate of drug-likeness (QED) is 0.720. The van der Waals surface area contributed by atoms with Crippen molar-refractivity contribution in [2.45, 2.75) is 46.6 Å². The first-order chi connectivity index (χ1) is 8.99. The molecule has 0 saturated heterocycles. The number of likely N-dealkylation sites (N-methyl/N-ethyl adjacent to an activating group) is 1. The Kier molecular flexibility index (Phi) is 5.54. The first-order valence-corrected chi connectivity index (χ1v) is 6.66. The van der Waals surface area contributed by atoms with Crippen LogP contribution in [0.25, 0.3) is 0 Å². The highest BCUT2D eigenvalue weighted by Crippen LogP contribution is 2.18. The van der Waals surface area contributed by atoms with E-state index in [2.05, 4.69) is 27.5 Å². The van der Waals surface area contributed by atoms with Crippen molar-refractivity contribution in [1.82, 2.24) is 15.3 Å². The molecule has 0 aromatic carbocycles. The van der Waals surface area contributed by atoms with Crippen LogP contribution < -0.4 is 16.4 Å². The van der Waals surface area contributed by atoms with E-state index in [4.69, 9.17) is 5.73 Å². The van der Waals surface area contributed by atoms with Gasteiger partial charge in [0.1, 0.15) is 23.5 Å². The molecule has 0 aliphatic carbocycles. The third-order valence-electron chi connectivity index (χ3n) is 2.80. The predicted octanol–water partition coefficient (Wildman–Crippen LogP) is 1.26. The Balaban J connectivity index is 2.90. The van der Waals surface area contributed by atoms with Gasteiger partial charge >= 0.3 is 0 Å². The molecule has 1 unspecified atom stereocenters. The molecule has 6 heteroatoms. The lowest BCUT2D eigenvalue weighted by atomic mass is 10.2. The highest BCUT2D eigenvalue weighted by Gasteiger charge is 2.15. The molecule has 1 amide bonds. The molecule has 0 bridgehead atoms. The predicted molar refractivity (Wildman–Crippen MR) is 76.9 cm³/mol. The van der Waals surface area contributed by atoms with E-state index in [1.165, 1.54) is 0 Å². The third kappa shape index (κ3) is 4.08. The van der Waals surface area contributed by atoms with Crippen LogP contribution in [0.1, 0.15) is 38.6 Å². The number of hydrogen-bond donors (Lipinski definition) is 3. The van der Waals surface area contributed by atoms with Gasteiger partial charge in [0.2, 0.25) is 5.91 Å². The van der Waals surface area contributed by atoms with Gasteiger partial charge in [-0.15, -0.1) is 0 Å². The number of nitrogens with zero attached hydrogens (tertiary/aromatic N) is 2. The molecule has 1 heterocycles. The van der Waals surface area contributed by atoms with Crippen molar-refractivity contribution in [3.8, 4) is 0 Å². The molecule has 0 saturated carbocycles. The zero-order valence-corrected chi connectivity index (χ0v) is 12.1. The van der Waals surface area contributed by atoms with E-state index in [1.807, 2.05) is 13.8 Å². The zero-order chi connectivity index (χ0) is 14.4. The highest BCUT2D eigenvalue weighted by atomic mass is 16.2. The van der Waals surface area contributed by atoms with Gasteiger partial charge in [-0.05, 0) is 27.2 Å². The molecule has 19 heavy (non-hydrogen) atoms. The Bertz CT molecular complexity index is 447. The number of nitrogen functional groups attached to an aromatic ring is 1. The number of carbonyl (C=O) groups excluding carboxylic acids is 1. The summed E-state index contributed by atoms with van der Waals surface area (Å²) in [5, 5.41) is 5.85. The van der Waals surface area contributed by atoms with E-state index in [9.17, 15) is 4.79 Å². The summed E-state index contributed by atoms with van der Waals surface area (Å²) in [7, 11) is 0. The van der Waals surface area contributed by atoms with Crippen LogP contribution in [0, 0.1) is 6.92 Å². The topological polar surface area (TPSA) is 92.9 Å². The fraction of sp³-hybridized carbons (Fsp3) is 0.615. The van der Waals surface area contributed by atoms with Crippen LogP contribution in [-0.2, 0) is 11.2 Å². The Morgan fingerprint density at radius 2 is 2.05 bits per heavy atom. The van der Waals surface area contributed by atoms with Crippen molar-refractivity contribution in [3.05, 3.63) is 11.4 Å². The van der Waals surface area contributed by atoms with Crippen LogP contribution >= 0.6 is 0 Å². The van der Waals surface area contributed by atoms with Crippen molar-refractivity contribution in [2.24, 2.45) is 0 Å². The van der Waals surface area contributed by atoms with E-state index >= 15 is 0 Å². The average Bonchev–Trinajstić information content (AvgIpc) is 2.36. The molecule has 1 atom stereocenters. The van der Waals surface area contributed by atoms with Crippen molar-refractivity contribution < 1.29 is 4.79 Å². The van der Waals surface area contributed by atoms with Crippen LogP contribution in [0.3, 0.4) is 0 Å². The van der Waals surface area contributed by atoms with Gasteiger partial charge in [-0.25, -0.2) is 9.97 Å². The van der Waals surface area contributed by atoms with Crippen molar-refractivity contribution in [3.63, 3.8) is 0 Å². The second-order valence-corrected chi connectivity index (χ2v) is 4.51. The smallest absolute Gasteiger partial charge is 0.242 e. The van der Waals surface area contributed by atoms with Gasteiger partial charge in [-0.1, -0.05) is 6.92 Å². The number of nitrogens with two attached hydrogens (primary N) is 1. The monoisotopic (exact) mass is 265 g/mol. The molecule has 1 rings (SSSR count). The number of aryl methyl sites for hydroxylation is 1. The van der Waals surface area contributed by atoms with E-state index < -0.39 is 0 Å². The largest absolute Gasteiger partial charge is 0.383 e. The number of nitrogens with one attached hydrogen (secondary N) is 2. The van der Waals surface area contributed by atoms with Gasteiger partial charge in [0.25, 0.3) is 0 Å². The van der Waals surface area contributed by atoms with Crippen LogP contribution in [-0.4, -0.2) is 28.5 Å². The zero-order valence-electron chi connectivity index (χ0n) is 12.1. The fourth-order valence-electron chi connectivity index (χ4n) is 1.66. The summed E-state index contributed by atoms with van der Waals surface area (Å²) < 4.78 is 0. The minimum Gasteiger partial charge on any atom is -0.383 e. The summed E-state index contributed by atoms with van der Waals surface area (Å²) in [4.78, 5) is 20.4. The molecule has 4 N–H and O–H groups in total. The lowest BCUT2D eigenvalue weighted by molar-refractivity contribution is -0.121. The molecule has 0 aliphatic heterocycles. The van der Waals surface area contributed by atoms with E-state index in [-0.39, 0.29) is 11.9 Å². The van der Waals surface area contributed by atoms with Gasteiger partial charge < -0.3 is 16.4 Å². The first-order valence-electron chi connectivity index (χ1n) is 6.66. The first kappa shape index (κ1) is 15.2. The molecular formula is C13H23N5O. The molecule has 0 fully saturated rings. The standard InChI is InChI=1S/C13H23N5O/c1-5-7-10-17-11(14)8(3)12(18-10)16-9(4)13(19)15-6-2/h9H,5-7H2,1-4H3,(H,15,19)(H3,14,16,17,18). The summed E-state index contributed by atoms with van der Waals surface area (Å²) in [6, 6.07) is -0.359. The maximum Gasteiger partial charge on any atom is 0.242 e. The third-order valence-corrected chi connectivity index (χ3v) is 2.80. The Hall–Kier alpha value is -1.85. The minimum atomic E-state index is -0.359. The van der Waals surface area contributed by atoms with Crippen molar-refractivity contribution >= 4 is 17.5 Å². The molecule has 1 aromatic heterocycles. The molecule has 6 nitrogen and oxygen atoms in total. The average molecular weight is 265 g/mol. The molecular weight excluding hydrogens is 242 g/mol. The highest BCUT2D eigenvalue weighted by molar-refractivity contribution is 5.84. The lowest BCUT2D eigenvalue weighted by Gasteiger charge is -2.17. The number of hydrogen-bond acceptors (Lipinski definition) is 5. The van der Waals surface area contributed by atoms with Gasteiger partial charge in [-0.3, -0.25) is 4.79 Å². The second-order valence-electron chi connectivity index (χ2n) is 4.51. The Labute approximate surface area is 114 Å². The molecule has 106 valence electrons. The summed E-state index contributed by atoms with van der Waals surface area (Å²) in [5.41, 5.74) is 6.64. The van der Waals surface area contributed by atoms with Crippen molar-refractivity contribution in [1.29, 1.82) is 0 Å². The molecule has 1 aromatic rings. The summed E-state index contributed by atoms with van der Waals surface area (Å²) in [6.07, 6.45) is 1.72. The van der Waals surface area contributed by atoms with Crippen LogP contribution in [0.4, 0.5) is 11.6 Å². The van der Waals surface area contributed by atoms with E-state index in [0.29, 0.717) is 24.0 Å². The van der Waals surface area contributed by atoms with E-state index in [0.717, 1.165) is 18.4 Å². The number of aromatic nitrogens is 2. The van der Waals surface area contributed by atoms with Gasteiger partial charge in [-0.2, -0.15) is 0 Å². The molecule has 0 aliphatic rings. The normalized spacial score (nSPS) is 12.0. The molecule has 0 spiro atoms. The number of carbonyl (C=O) groups is 1. The lowest BCUT2D eigenvalue weighted by Crippen LogP contribution is -2.37. The Morgan fingerprint density at radius 1 is 1.37 bits per heavy atom. The minimum absolute atomic E-state index is 0.0591.